The molecule has 14 heavy (non-hydrogen) atoms. The first-order chi connectivity index (χ1) is 6.66. The second-order valence-corrected chi connectivity index (χ2v) is 5.36. The van der Waals surface area contributed by atoms with Crippen LogP contribution in [0.15, 0.2) is 0 Å². The molecule has 2 atom stereocenters. The minimum absolute atomic E-state index is 0.194. The van der Waals surface area contributed by atoms with Gasteiger partial charge in [-0.1, -0.05) is 46.0 Å². The Hall–Kier alpha value is -0.0400. The zero-order valence-electron chi connectivity index (χ0n) is 10.0. The molecule has 0 amide bonds. The lowest BCUT2D eigenvalue weighted by atomic mass is 9.85. The molecule has 1 heteroatoms. The maximum atomic E-state index is 6.46. The van der Waals surface area contributed by atoms with Crippen molar-refractivity contribution in [1.82, 2.24) is 0 Å². The van der Waals surface area contributed by atoms with E-state index in [0.717, 1.165) is 5.92 Å². The van der Waals surface area contributed by atoms with Crippen LogP contribution in [0.25, 0.3) is 0 Å². The summed E-state index contributed by atoms with van der Waals surface area (Å²) >= 11 is 0. The van der Waals surface area contributed by atoms with Gasteiger partial charge in [0, 0.05) is 5.54 Å². The van der Waals surface area contributed by atoms with Crippen molar-refractivity contribution in [3.05, 3.63) is 0 Å². The highest BCUT2D eigenvalue weighted by molar-refractivity contribution is 4.86. The molecule has 2 unspecified atom stereocenters. The van der Waals surface area contributed by atoms with Crippen LogP contribution in [-0.2, 0) is 0 Å². The van der Waals surface area contributed by atoms with Crippen molar-refractivity contribution in [2.24, 2.45) is 11.7 Å². The van der Waals surface area contributed by atoms with Crippen LogP contribution in [0.3, 0.4) is 0 Å². The predicted molar refractivity (Wildman–Crippen MR) is 63.3 cm³/mol. The largest absolute Gasteiger partial charge is 0.325 e. The molecule has 0 aromatic carbocycles. The van der Waals surface area contributed by atoms with Gasteiger partial charge >= 0.3 is 0 Å². The van der Waals surface area contributed by atoms with Crippen LogP contribution in [-0.4, -0.2) is 5.54 Å². The highest BCUT2D eigenvalue weighted by Crippen LogP contribution is 2.31. The molecular weight excluding hydrogens is 170 g/mol. The molecule has 0 radical (unpaired) electrons. The first-order valence-corrected chi connectivity index (χ1v) is 6.45. The average Bonchev–Trinajstić information content (AvgIpc) is 2.30. The van der Waals surface area contributed by atoms with E-state index in [-0.39, 0.29) is 5.54 Å². The monoisotopic (exact) mass is 197 g/mol. The smallest absolute Gasteiger partial charge is 0.0154 e. The van der Waals surface area contributed by atoms with Crippen LogP contribution in [0.4, 0.5) is 0 Å². The third-order valence-corrected chi connectivity index (χ3v) is 3.78. The van der Waals surface area contributed by atoms with Gasteiger partial charge in [0.05, 0.1) is 0 Å². The Morgan fingerprint density at radius 1 is 1.21 bits per heavy atom. The molecule has 1 fully saturated rings. The summed E-state index contributed by atoms with van der Waals surface area (Å²) in [4.78, 5) is 0. The average molecular weight is 197 g/mol. The van der Waals surface area contributed by atoms with Crippen molar-refractivity contribution < 1.29 is 0 Å². The van der Waals surface area contributed by atoms with Gasteiger partial charge < -0.3 is 5.73 Å². The topological polar surface area (TPSA) is 26.0 Å². The Balaban J connectivity index is 2.31. The van der Waals surface area contributed by atoms with Gasteiger partial charge in [0.15, 0.2) is 0 Å². The number of nitrogens with two attached hydrogens (primary N) is 1. The lowest BCUT2D eigenvalue weighted by Crippen LogP contribution is -2.39. The Morgan fingerprint density at radius 2 is 2.00 bits per heavy atom. The van der Waals surface area contributed by atoms with E-state index in [4.69, 9.17) is 5.73 Å². The van der Waals surface area contributed by atoms with Crippen LogP contribution in [0, 0.1) is 5.92 Å². The second-order valence-electron chi connectivity index (χ2n) is 5.36. The summed E-state index contributed by atoms with van der Waals surface area (Å²) in [5.74, 6) is 0.909. The Kier molecular flexibility index (Phi) is 4.94. The lowest BCUT2D eigenvalue weighted by Gasteiger charge is -2.28. The van der Waals surface area contributed by atoms with E-state index in [1.165, 1.54) is 57.8 Å². The zero-order chi connectivity index (χ0) is 10.4. The second kappa shape index (κ2) is 5.75. The minimum Gasteiger partial charge on any atom is -0.325 e. The zero-order valence-corrected chi connectivity index (χ0v) is 10.0. The molecule has 0 heterocycles. The molecule has 0 bridgehead atoms. The molecule has 0 spiro atoms. The maximum Gasteiger partial charge on any atom is 0.0154 e. The van der Waals surface area contributed by atoms with Crippen LogP contribution in [0.2, 0.25) is 0 Å². The van der Waals surface area contributed by atoms with Gasteiger partial charge in [-0.05, 0) is 31.6 Å². The molecule has 0 aromatic heterocycles. The molecule has 1 aliphatic rings. The van der Waals surface area contributed by atoms with Crippen LogP contribution in [0.5, 0.6) is 0 Å². The Morgan fingerprint density at radius 3 is 2.71 bits per heavy atom. The van der Waals surface area contributed by atoms with Gasteiger partial charge in [-0.25, -0.2) is 0 Å². The fourth-order valence-corrected chi connectivity index (χ4v) is 2.58. The standard InChI is InChI=1S/C13H27N/c1-3-4-5-9-13(14)10-6-7-12(2)8-11-13/h12H,3-11,14H2,1-2H3. The van der Waals surface area contributed by atoms with Gasteiger partial charge in [-0.15, -0.1) is 0 Å². The van der Waals surface area contributed by atoms with Crippen LogP contribution < -0.4 is 5.73 Å². The third-order valence-electron chi connectivity index (χ3n) is 3.78. The number of hydrogen-bond donors (Lipinski definition) is 1. The van der Waals surface area contributed by atoms with E-state index in [9.17, 15) is 0 Å². The highest BCUT2D eigenvalue weighted by Gasteiger charge is 2.27. The fourth-order valence-electron chi connectivity index (χ4n) is 2.58. The van der Waals surface area contributed by atoms with Crippen LogP contribution in [0.1, 0.15) is 71.6 Å². The van der Waals surface area contributed by atoms with Gasteiger partial charge in [-0.3, -0.25) is 0 Å². The number of rotatable bonds is 4. The molecule has 1 nitrogen and oxygen atoms in total. The fraction of sp³-hybridized carbons (Fsp3) is 1.00. The third kappa shape index (κ3) is 4.00. The van der Waals surface area contributed by atoms with Crippen molar-refractivity contribution >= 4 is 0 Å². The highest BCUT2D eigenvalue weighted by atomic mass is 14.7. The normalized spacial score (nSPS) is 34.1. The molecule has 1 rings (SSSR count). The summed E-state index contributed by atoms with van der Waals surface area (Å²) in [7, 11) is 0. The minimum atomic E-state index is 0.194. The van der Waals surface area contributed by atoms with Gasteiger partial charge in [0.1, 0.15) is 0 Å². The summed E-state index contributed by atoms with van der Waals surface area (Å²) in [5, 5.41) is 0. The Labute approximate surface area is 89.5 Å². The van der Waals surface area contributed by atoms with Gasteiger partial charge in [-0.2, -0.15) is 0 Å². The van der Waals surface area contributed by atoms with E-state index in [1.54, 1.807) is 0 Å². The SMILES string of the molecule is CCCCCC1(N)CCCC(C)CC1. The molecular formula is C13H27N. The molecule has 0 aromatic rings. The number of hydrogen-bond acceptors (Lipinski definition) is 1. The molecule has 2 N–H and O–H groups in total. The maximum absolute atomic E-state index is 6.46. The summed E-state index contributed by atoms with van der Waals surface area (Å²) in [5.41, 5.74) is 6.66. The molecule has 0 aliphatic heterocycles. The molecule has 1 aliphatic carbocycles. The molecule has 84 valence electrons. The quantitative estimate of drug-likeness (QED) is 0.537. The lowest BCUT2D eigenvalue weighted by molar-refractivity contribution is 0.329. The summed E-state index contributed by atoms with van der Waals surface area (Å²) in [6.45, 7) is 4.64. The van der Waals surface area contributed by atoms with Crippen molar-refractivity contribution in [2.45, 2.75) is 77.2 Å². The summed E-state index contributed by atoms with van der Waals surface area (Å²) in [6.07, 6.45) is 11.9. The predicted octanol–water partition coefficient (Wildman–Crippen LogP) is 3.86. The van der Waals surface area contributed by atoms with Crippen LogP contribution >= 0.6 is 0 Å². The van der Waals surface area contributed by atoms with Crippen molar-refractivity contribution in [3.63, 3.8) is 0 Å². The summed E-state index contributed by atoms with van der Waals surface area (Å²) in [6, 6.07) is 0. The first-order valence-electron chi connectivity index (χ1n) is 6.45. The van der Waals surface area contributed by atoms with Crippen molar-refractivity contribution in [2.75, 3.05) is 0 Å². The van der Waals surface area contributed by atoms with Gasteiger partial charge in [0.25, 0.3) is 0 Å². The van der Waals surface area contributed by atoms with Crippen molar-refractivity contribution in [3.8, 4) is 0 Å². The van der Waals surface area contributed by atoms with E-state index < -0.39 is 0 Å². The van der Waals surface area contributed by atoms with E-state index in [0.29, 0.717) is 0 Å². The van der Waals surface area contributed by atoms with E-state index >= 15 is 0 Å². The Bertz CT molecular complexity index is 155. The van der Waals surface area contributed by atoms with E-state index in [1.807, 2.05) is 0 Å². The molecule has 1 saturated carbocycles. The molecule has 0 saturated heterocycles. The first kappa shape index (κ1) is 12.0. The van der Waals surface area contributed by atoms with E-state index in [2.05, 4.69) is 13.8 Å². The summed E-state index contributed by atoms with van der Waals surface area (Å²) < 4.78 is 0. The van der Waals surface area contributed by atoms with Gasteiger partial charge in [0.2, 0.25) is 0 Å². The van der Waals surface area contributed by atoms with Crippen molar-refractivity contribution in [1.29, 1.82) is 0 Å². The number of unbranched alkanes of at least 4 members (excludes halogenated alkanes) is 2.